The van der Waals surface area contributed by atoms with Gasteiger partial charge in [-0.3, -0.25) is 4.79 Å². The van der Waals surface area contributed by atoms with Crippen LogP contribution in [0.25, 0.3) is 0 Å². The van der Waals surface area contributed by atoms with Gasteiger partial charge in [0.25, 0.3) is 0 Å². The SMILES string of the molecule is CCOC(=O)C1(C)CC(C)=CC(C)S1. The number of carbonyl (C=O) groups excluding carboxylic acids is 1. The summed E-state index contributed by atoms with van der Waals surface area (Å²) in [7, 11) is 0. The van der Waals surface area contributed by atoms with Crippen LogP contribution in [0.3, 0.4) is 0 Å². The number of ether oxygens (including phenoxy) is 1. The molecule has 0 radical (unpaired) electrons. The molecular formula is C11H18O2S. The average molecular weight is 214 g/mol. The van der Waals surface area contributed by atoms with Crippen LogP contribution in [-0.2, 0) is 9.53 Å². The Labute approximate surface area is 90.1 Å². The zero-order valence-corrected chi connectivity index (χ0v) is 10.1. The fourth-order valence-electron chi connectivity index (χ4n) is 1.88. The standard InChI is InChI=1S/C11H18O2S/c1-5-13-10(12)11(4)7-8(2)6-9(3)14-11/h6,9H,5,7H2,1-4H3. The van der Waals surface area contributed by atoms with E-state index in [1.165, 1.54) is 5.57 Å². The van der Waals surface area contributed by atoms with Crippen LogP contribution < -0.4 is 0 Å². The molecule has 1 aliphatic heterocycles. The molecule has 2 atom stereocenters. The number of allylic oxidation sites excluding steroid dienone is 1. The summed E-state index contributed by atoms with van der Waals surface area (Å²) >= 11 is 1.69. The van der Waals surface area contributed by atoms with Crippen LogP contribution in [0.2, 0.25) is 0 Å². The molecule has 1 rings (SSSR count). The van der Waals surface area contributed by atoms with Crippen molar-refractivity contribution in [1.82, 2.24) is 0 Å². The van der Waals surface area contributed by atoms with Crippen molar-refractivity contribution in [2.75, 3.05) is 6.61 Å². The van der Waals surface area contributed by atoms with Crippen LogP contribution in [0.15, 0.2) is 11.6 Å². The number of rotatable bonds is 2. The third-order valence-corrected chi connectivity index (χ3v) is 3.63. The van der Waals surface area contributed by atoms with E-state index in [2.05, 4.69) is 19.9 Å². The van der Waals surface area contributed by atoms with Crippen molar-refractivity contribution in [3.63, 3.8) is 0 Å². The van der Waals surface area contributed by atoms with Crippen LogP contribution in [0.5, 0.6) is 0 Å². The highest BCUT2D eigenvalue weighted by atomic mass is 32.2. The van der Waals surface area contributed by atoms with Crippen molar-refractivity contribution in [3.05, 3.63) is 11.6 Å². The average Bonchev–Trinajstić information content (AvgIpc) is 2.01. The number of hydrogen-bond acceptors (Lipinski definition) is 3. The van der Waals surface area contributed by atoms with Crippen LogP contribution in [0, 0.1) is 0 Å². The molecule has 0 amide bonds. The first-order valence-corrected chi connectivity index (χ1v) is 5.88. The largest absolute Gasteiger partial charge is 0.465 e. The van der Waals surface area contributed by atoms with E-state index in [0.717, 1.165) is 6.42 Å². The van der Waals surface area contributed by atoms with Gasteiger partial charge >= 0.3 is 5.97 Å². The van der Waals surface area contributed by atoms with Crippen molar-refractivity contribution in [2.24, 2.45) is 0 Å². The third kappa shape index (κ3) is 2.53. The molecule has 0 N–H and O–H groups in total. The van der Waals surface area contributed by atoms with Crippen LogP contribution in [0.4, 0.5) is 0 Å². The minimum Gasteiger partial charge on any atom is -0.465 e. The van der Waals surface area contributed by atoms with Gasteiger partial charge in [0.2, 0.25) is 0 Å². The molecule has 1 heterocycles. The van der Waals surface area contributed by atoms with E-state index in [-0.39, 0.29) is 10.7 Å². The monoisotopic (exact) mass is 214 g/mol. The summed E-state index contributed by atoms with van der Waals surface area (Å²) in [5, 5.41) is 0.401. The molecule has 14 heavy (non-hydrogen) atoms. The van der Waals surface area contributed by atoms with Crippen LogP contribution in [-0.4, -0.2) is 22.6 Å². The smallest absolute Gasteiger partial charge is 0.322 e. The Bertz CT molecular complexity index is 260. The molecule has 2 nitrogen and oxygen atoms in total. The lowest BCUT2D eigenvalue weighted by Gasteiger charge is -2.32. The molecule has 0 spiro atoms. The minimum atomic E-state index is -0.381. The van der Waals surface area contributed by atoms with Gasteiger partial charge in [-0.1, -0.05) is 11.6 Å². The van der Waals surface area contributed by atoms with Crippen molar-refractivity contribution in [2.45, 2.75) is 44.1 Å². The van der Waals surface area contributed by atoms with Crippen molar-refractivity contribution < 1.29 is 9.53 Å². The summed E-state index contributed by atoms with van der Waals surface area (Å²) in [6, 6.07) is 0. The topological polar surface area (TPSA) is 26.3 Å². The summed E-state index contributed by atoms with van der Waals surface area (Å²) < 4.78 is 4.71. The quantitative estimate of drug-likeness (QED) is 0.522. The minimum absolute atomic E-state index is 0.0794. The van der Waals surface area contributed by atoms with Crippen LogP contribution >= 0.6 is 11.8 Å². The summed E-state index contributed by atoms with van der Waals surface area (Å²) in [5.41, 5.74) is 1.28. The summed E-state index contributed by atoms with van der Waals surface area (Å²) in [6.45, 7) is 8.48. The summed E-state index contributed by atoms with van der Waals surface area (Å²) in [4.78, 5) is 11.7. The number of hydrogen-bond donors (Lipinski definition) is 0. The molecule has 0 aromatic heterocycles. The summed E-state index contributed by atoms with van der Waals surface area (Å²) in [5.74, 6) is -0.0794. The zero-order valence-electron chi connectivity index (χ0n) is 9.29. The highest BCUT2D eigenvalue weighted by molar-refractivity contribution is 8.02. The Morgan fingerprint density at radius 2 is 2.43 bits per heavy atom. The maximum Gasteiger partial charge on any atom is 0.322 e. The van der Waals surface area contributed by atoms with Gasteiger partial charge in [-0.2, -0.15) is 0 Å². The molecule has 0 bridgehead atoms. The number of esters is 1. The predicted octanol–water partition coefficient (Wildman–Crippen LogP) is 2.78. The third-order valence-electron chi connectivity index (χ3n) is 2.29. The van der Waals surface area contributed by atoms with E-state index in [9.17, 15) is 4.79 Å². The van der Waals surface area contributed by atoms with Crippen molar-refractivity contribution in [3.8, 4) is 0 Å². The molecular weight excluding hydrogens is 196 g/mol. The van der Waals surface area contributed by atoms with E-state index < -0.39 is 0 Å². The number of thioether (sulfide) groups is 1. The molecule has 0 fully saturated rings. The zero-order chi connectivity index (χ0) is 10.8. The lowest BCUT2D eigenvalue weighted by Crippen LogP contribution is -2.37. The molecule has 3 heteroatoms. The second-order valence-corrected chi connectivity index (χ2v) is 5.84. The molecule has 0 aliphatic carbocycles. The van der Waals surface area contributed by atoms with Crippen molar-refractivity contribution >= 4 is 17.7 Å². The second kappa shape index (κ2) is 4.39. The van der Waals surface area contributed by atoms with E-state index >= 15 is 0 Å². The Morgan fingerprint density at radius 1 is 1.79 bits per heavy atom. The first-order chi connectivity index (χ1) is 6.48. The van der Waals surface area contributed by atoms with Gasteiger partial charge in [0, 0.05) is 5.25 Å². The van der Waals surface area contributed by atoms with Gasteiger partial charge in [-0.05, 0) is 34.1 Å². The Hall–Kier alpha value is -0.440. The Morgan fingerprint density at radius 3 is 2.93 bits per heavy atom. The lowest BCUT2D eigenvalue weighted by molar-refractivity contribution is -0.145. The first kappa shape index (κ1) is 11.6. The van der Waals surface area contributed by atoms with Crippen molar-refractivity contribution in [1.29, 1.82) is 0 Å². The molecule has 0 saturated carbocycles. The van der Waals surface area contributed by atoms with Gasteiger partial charge in [-0.15, -0.1) is 11.8 Å². The molecule has 0 aromatic rings. The summed E-state index contributed by atoms with van der Waals surface area (Å²) in [6.07, 6.45) is 3.02. The Kier molecular flexibility index (Phi) is 3.65. The number of carbonyl (C=O) groups is 1. The van der Waals surface area contributed by atoms with Gasteiger partial charge in [0.05, 0.1) is 6.61 Å². The maximum absolute atomic E-state index is 11.7. The second-order valence-electron chi connectivity index (χ2n) is 3.96. The predicted molar refractivity (Wildman–Crippen MR) is 60.5 cm³/mol. The molecule has 0 aromatic carbocycles. The van der Waals surface area contributed by atoms with Crippen LogP contribution in [0.1, 0.15) is 34.1 Å². The van der Waals surface area contributed by atoms with Gasteiger partial charge < -0.3 is 4.74 Å². The van der Waals surface area contributed by atoms with E-state index in [1.54, 1.807) is 11.8 Å². The maximum atomic E-state index is 11.7. The van der Waals surface area contributed by atoms with Gasteiger partial charge in [0.1, 0.15) is 4.75 Å². The van der Waals surface area contributed by atoms with E-state index in [0.29, 0.717) is 11.9 Å². The highest BCUT2D eigenvalue weighted by Gasteiger charge is 2.39. The van der Waals surface area contributed by atoms with Gasteiger partial charge in [-0.25, -0.2) is 0 Å². The highest BCUT2D eigenvalue weighted by Crippen LogP contribution is 2.40. The fourth-order valence-corrected chi connectivity index (χ4v) is 3.47. The van der Waals surface area contributed by atoms with Gasteiger partial charge in [0.15, 0.2) is 0 Å². The fraction of sp³-hybridized carbons (Fsp3) is 0.727. The molecule has 1 aliphatic rings. The molecule has 80 valence electrons. The van der Waals surface area contributed by atoms with E-state index in [4.69, 9.17) is 4.74 Å². The molecule has 2 unspecified atom stereocenters. The first-order valence-electron chi connectivity index (χ1n) is 5.00. The normalized spacial score (nSPS) is 32.3. The van der Waals surface area contributed by atoms with E-state index in [1.807, 2.05) is 13.8 Å². The molecule has 0 saturated heterocycles. The Balaban J connectivity index is 2.76. The lowest BCUT2D eigenvalue weighted by atomic mass is 10.00.